The molecule has 0 heterocycles. The van der Waals surface area contributed by atoms with Crippen LogP contribution in [0.2, 0.25) is 5.02 Å². The number of halogens is 3. The fourth-order valence-electron chi connectivity index (χ4n) is 0.522. The van der Waals surface area contributed by atoms with Crippen molar-refractivity contribution in [3.63, 3.8) is 0 Å². The van der Waals surface area contributed by atoms with Crippen LogP contribution in [0.4, 0.5) is 4.39 Å². The average Bonchev–Trinajstić information content (AvgIpc) is 2.02. The van der Waals surface area contributed by atoms with Crippen molar-refractivity contribution in [1.29, 1.82) is 0 Å². The molecule has 0 bridgehead atoms. The fraction of sp³-hybridized carbons (Fsp3) is 0. The zero-order chi connectivity index (χ0) is 8.85. The fourth-order valence-corrected chi connectivity index (χ4v) is 0.680. The third kappa shape index (κ3) is 4.10. The van der Waals surface area contributed by atoms with Gasteiger partial charge in [0.1, 0.15) is 0 Å². The van der Waals surface area contributed by atoms with E-state index in [9.17, 15) is 4.39 Å². The van der Waals surface area contributed by atoms with Crippen LogP contribution < -0.4 is 0 Å². The van der Waals surface area contributed by atoms with Crippen molar-refractivity contribution in [2.45, 2.75) is 0 Å². The first-order valence-electron chi connectivity index (χ1n) is 2.74. The summed E-state index contributed by atoms with van der Waals surface area (Å²) in [7, 11) is 0. The molecule has 0 saturated carbocycles. The summed E-state index contributed by atoms with van der Waals surface area (Å²) in [6, 6.07) is 4.38. The molecule has 1 aromatic carbocycles. The SMILES string of the molecule is [CH2-]c1ccc(Cl)cc1F.[Zn+][Br]. The molecule has 0 nitrogen and oxygen atoms in total. The summed E-state index contributed by atoms with van der Waals surface area (Å²) in [6.07, 6.45) is 0. The maximum atomic E-state index is 12.4. The number of hydrogen-bond acceptors (Lipinski definition) is 0. The Morgan fingerprint density at radius 3 is 2.36 bits per heavy atom. The van der Waals surface area contributed by atoms with Crippen LogP contribution in [0.1, 0.15) is 5.56 Å². The van der Waals surface area contributed by atoms with E-state index in [1.165, 1.54) is 28.5 Å². The molecular weight excluding hydrogens is 284 g/mol. The van der Waals surface area contributed by atoms with E-state index in [0.717, 1.165) is 0 Å². The minimum absolute atomic E-state index is 0.359. The van der Waals surface area contributed by atoms with Crippen LogP contribution in [-0.2, 0) is 16.3 Å². The van der Waals surface area contributed by atoms with E-state index in [0.29, 0.717) is 10.6 Å². The summed E-state index contributed by atoms with van der Waals surface area (Å²) < 4.78 is 12.4. The molecule has 0 aliphatic heterocycles. The molecule has 0 saturated heterocycles. The van der Waals surface area contributed by atoms with Gasteiger partial charge in [-0.2, -0.15) is 18.6 Å². The van der Waals surface area contributed by atoms with E-state index in [1.54, 1.807) is 6.07 Å². The second-order valence-electron chi connectivity index (χ2n) is 1.74. The molecule has 0 aromatic heterocycles. The quantitative estimate of drug-likeness (QED) is 0.506. The third-order valence-electron chi connectivity index (χ3n) is 1.02. The summed E-state index contributed by atoms with van der Waals surface area (Å²) in [6.45, 7) is 3.43. The first-order chi connectivity index (χ1) is 5.20. The van der Waals surface area contributed by atoms with Crippen molar-refractivity contribution in [1.82, 2.24) is 0 Å². The molecule has 0 aliphatic rings. The molecule has 0 aliphatic carbocycles. The van der Waals surface area contributed by atoms with E-state index in [2.05, 4.69) is 20.5 Å². The average molecular weight is 289 g/mol. The topological polar surface area (TPSA) is 0 Å². The first kappa shape index (κ1) is 11.4. The first-order valence-corrected chi connectivity index (χ1v) is 10.1. The van der Waals surface area contributed by atoms with Gasteiger partial charge in [0.25, 0.3) is 0 Å². The second-order valence-corrected chi connectivity index (χ2v) is 2.17. The standard InChI is InChI=1S/C7H5ClF.BrH.Zn/c1-5-2-3-6(8)4-7(5)9;;/h2-4H,1H2;1H;/q-1;;+2/p-1. The molecule has 4 heteroatoms. The summed E-state index contributed by atoms with van der Waals surface area (Å²) in [4.78, 5) is 0. The summed E-state index contributed by atoms with van der Waals surface area (Å²) in [5.41, 5.74) is 0.374. The molecule has 0 atom stereocenters. The Balaban J connectivity index is 0.000000461. The van der Waals surface area contributed by atoms with Gasteiger partial charge in [-0.05, 0) is 0 Å². The van der Waals surface area contributed by atoms with Crippen LogP contribution in [0.5, 0.6) is 0 Å². The van der Waals surface area contributed by atoms with Crippen molar-refractivity contribution in [2.24, 2.45) is 0 Å². The second kappa shape index (κ2) is 5.99. The predicted octanol–water partition coefficient (Wildman–Crippen LogP) is 3.50. The van der Waals surface area contributed by atoms with Crippen LogP contribution in [0.15, 0.2) is 18.2 Å². The zero-order valence-corrected chi connectivity index (χ0v) is 11.1. The Hall–Kier alpha value is 0.413. The molecule has 1 rings (SSSR count). The van der Waals surface area contributed by atoms with Gasteiger partial charge in [-0.25, -0.2) is 0 Å². The van der Waals surface area contributed by atoms with Crippen LogP contribution >= 0.6 is 25.2 Å². The Morgan fingerprint density at radius 1 is 1.45 bits per heavy atom. The summed E-state index contributed by atoms with van der Waals surface area (Å²) in [5.74, 6) is -0.359. The zero-order valence-electron chi connectivity index (χ0n) is 5.78. The molecule has 1 aromatic rings. The van der Waals surface area contributed by atoms with E-state index in [-0.39, 0.29) is 5.82 Å². The molecule has 0 radical (unpaired) electrons. The van der Waals surface area contributed by atoms with Crippen LogP contribution in [0.3, 0.4) is 0 Å². The Morgan fingerprint density at radius 2 is 2.00 bits per heavy atom. The van der Waals surface area contributed by atoms with Gasteiger partial charge in [-0.3, -0.25) is 4.39 Å². The van der Waals surface area contributed by atoms with Crippen molar-refractivity contribution in [3.8, 4) is 0 Å². The van der Waals surface area contributed by atoms with Gasteiger partial charge in [0.05, 0.1) is 0 Å². The Bertz CT molecular complexity index is 230. The molecule has 11 heavy (non-hydrogen) atoms. The van der Waals surface area contributed by atoms with Crippen molar-refractivity contribution in [2.75, 3.05) is 0 Å². The predicted molar refractivity (Wildman–Crippen MR) is 44.8 cm³/mol. The summed E-state index contributed by atoms with van der Waals surface area (Å²) in [5, 5.41) is 0.403. The van der Waals surface area contributed by atoms with Gasteiger partial charge >= 0.3 is 30.0 Å². The van der Waals surface area contributed by atoms with E-state index in [1.807, 2.05) is 0 Å². The van der Waals surface area contributed by atoms with Crippen molar-refractivity contribution >= 4 is 25.2 Å². The van der Waals surface area contributed by atoms with E-state index >= 15 is 0 Å². The van der Waals surface area contributed by atoms with Gasteiger partial charge in [0, 0.05) is 10.8 Å². The number of rotatable bonds is 0. The Kier molecular flexibility index (Phi) is 6.21. The van der Waals surface area contributed by atoms with Gasteiger partial charge in [0.15, 0.2) is 0 Å². The van der Waals surface area contributed by atoms with Crippen LogP contribution in [-0.4, -0.2) is 0 Å². The monoisotopic (exact) mass is 286 g/mol. The molecular formula is C7H5BrClFZn. The molecule has 0 amide bonds. The van der Waals surface area contributed by atoms with Gasteiger partial charge < -0.3 is 0 Å². The summed E-state index contributed by atoms with van der Waals surface area (Å²) >= 11 is 9.70. The van der Waals surface area contributed by atoms with Crippen LogP contribution in [0, 0.1) is 12.7 Å². The number of hydrogen-bond donors (Lipinski definition) is 0. The normalized spacial score (nSPS) is 8.45. The Labute approximate surface area is 87.2 Å². The molecule has 56 valence electrons. The van der Waals surface area contributed by atoms with Gasteiger partial charge in [-0.15, -0.1) is 0 Å². The number of benzene rings is 1. The molecule has 0 unspecified atom stereocenters. The molecule has 0 spiro atoms. The maximum absolute atomic E-state index is 12.4. The van der Waals surface area contributed by atoms with E-state index in [4.69, 9.17) is 11.6 Å². The van der Waals surface area contributed by atoms with Gasteiger partial charge in [0.2, 0.25) is 0 Å². The third-order valence-corrected chi connectivity index (χ3v) is 1.25. The molecule has 0 N–H and O–H groups in total. The van der Waals surface area contributed by atoms with Crippen molar-refractivity contribution in [3.05, 3.63) is 41.5 Å². The van der Waals surface area contributed by atoms with E-state index < -0.39 is 0 Å². The van der Waals surface area contributed by atoms with Crippen LogP contribution in [0.25, 0.3) is 0 Å². The molecule has 0 fully saturated rings. The van der Waals surface area contributed by atoms with Crippen molar-refractivity contribution < 1.29 is 20.7 Å². The van der Waals surface area contributed by atoms with Gasteiger partial charge in [-0.1, -0.05) is 23.7 Å². The minimum atomic E-state index is -0.359.